The second-order valence-corrected chi connectivity index (χ2v) is 10.6. The number of fused-ring (bicyclic) bond motifs is 1. The fourth-order valence-corrected chi connectivity index (χ4v) is 5.91. The van der Waals surface area contributed by atoms with Crippen molar-refractivity contribution in [1.29, 1.82) is 0 Å². The first-order valence-electron chi connectivity index (χ1n) is 13.5. The molecule has 4 heterocycles. The van der Waals surface area contributed by atoms with Crippen molar-refractivity contribution in [2.45, 2.75) is 51.6 Å². The zero-order valence-corrected chi connectivity index (χ0v) is 22.3. The summed E-state index contributed by atoms with van der Waals surface area (Å²) >= 11 is 0. The first-order valence-corrected chi connectivity index (χ1v) is 13.5. The van der Waals surface area contributed by atoms with Crippen LogP contribution in [0.5, 0.6) is 0 Å². The third-order valence-electron chi connectivity index (χ3n) is 8.04. The summed E-state index contributed by atoms with van der Waals surface area (Å²) in [6.45, 7) is 5.68. The Morgan fingerprint density at radius 1 is 0.974 bits per heavy atom. The van der Waals surface area contributed by atoms with Crippen LogP contribution in [0, 0.1) is 6.92 Å². The SMILES string of the molecule is Cc1cccc(-c2nnc(Cn3c(N4CCN(C5CCCCC5)CC4)nc4c3c(=O)n(C)c(=O)n4C)o2)c1. The van der Waals surface area contributed by atoms with Gasteiger partial charge >= 0.3 is 5.69 Å². The Morgan fingerprint density at radius 2 is 1.74 bits per heavy atom. The number of rotatable bonds is 5. The highest BCUT2D eigenvalue weighted by Crippen LogP contribution is 2.27. The Kier molecular flexibility index (Phi) is 6.38. The lowest BCUT2D eigenvalue weighted by molar-refractivity contribution is 0.147. The molecule has 1 aliphatic carbocycles. The van der Waals surface area contributed by atoms with Crippen LogP contribution in [0.4, 0.5) is 5.95 Å². The Labute approximate surface area is 220 Å². The quantitative estimate of drug-likeness (QED) is 0.396. The number of nitrogens with zero attached hydrogens (tertiary/aromatic N) is 8. The molecule has 0 N–H and O–H groups in total. The predicted molar refractivity (Wildman–Crippen MR) is 144 cm³/mol. The van der Waals surface area contributed by atoms with E-state index in [1.807, 2.05) is 35.8 Å². The third-order valence-corrected chi connectivity index (χ3v) is 8.04. The van der Waals surface area contributed by atoms with Gasteiger partial charge in [-0.05, 0) is 31.9 Å². The molecule has 1 aliphatic heterocycles. The molecule has 11 nitrogen and oxygen atoms in total. The number of hydrogen-bond acceptors (Lipinski definition) is 8. The van der Waals surface area contributed by atoms with E-state index in [4.69, 9.17) is 9.40 Å². The molecule has 0 radical (unpaired) electrons. The van der Waals surface area contributed by atoms with Gasteiger partial charge in [0.2, 0.25) is 17.7 Å². The van der Waals surface area contributed by atoms with Gasteiger partial charge in [0.1, 0.15) is 6.54 Å². The summed E-state index contributed by atoms with van der Waals surface area (Å²) in [6, 6.07) is 8.55. The summed E-state index contributed by atoms with van der Waals surface area (Å²) in [7, 11) is 3.14. The van der Waals surface area contributed by atoms with Crippen LogP contribution in [0.3, 0.4) is 0 Å². The lowest BCUT2D eigenvalue weighted by Gasteiger charge is -2.41. The van der Waals surface area contributed by atoms with Crippen molar-refractivity contribution in [1.82, 2.24) is 33.8 Å². The van der Waals surface area contributed by atoms with Crippen LogP contribution in [-0.2, 0) is 20.6 Å². The van der Waals surface area contributed by atoms with Gasteiger partial charge in [0, 0.05) is 51.9 Å². The van der Waals surface area contributed by atoms with E-state index in [9.17, 15) is 9.59 Å². The Bertz CT molecular complexity index is 1580. The lowest BCUT2D eigenvalue weighted by Crippen LogP contribution is -2.51. The highest BCUT2D eigenvalue weighted by atomic mass is 16.4. The fourth-order valence-electron chi connectivity index (χ4n) is 5.91. The minimum absolute atomic E-state index is 0.181. The summed E-state index contributed by atoms with van der Waals surface area (Å²) in [6.07, 6.45) is 6.52. The predicted octanol–water partition coefficient (Wildman–Crippen LogP) is 2.30. The molecule has 11 heteroatoms. The number of hydrogen-bond donors (Lipinski definition) is 0. The molecule has 1 saturated carbocycles. The van der Waals surface area contributed by atoms with Gasteiger partial charge < -0.3 is 9.32 Å². The van der Waals surface area contributed by atoms with Crippen molar-refractivity contribution in [2.24, 2.45) is 14.1 Å². The lowest BCUT2D eigenvalue weighted by atomic mass is 9.94. The maximum Gasteiger partial charge on any atom is 0.332 e. The van der Waals surface area contributed by atoms with Crippen molar-refractivity contribution < 1.29 is 4.42 Å². The summed E-state index contributed by atoms with van der Waals surface area (Å²) < 4.78 is 10.4. The largest absolute Gasteiger partial charge is 0.419 e. The highest BCUT2D eigenvalue weighted by molar-refractivity contribution is 5.74. The zero-order chi connectivity index (χ0) is 26.4. The zero-order valence-electron chi connectivity index (χ0n) is 22.3. The first kappa shape index (κ1) is 24.6. The van der Waals surface area contributed by atoms with Gasteiger partial charge in [-0.3, -0.25) is 23.4 Å². The van der Waals surface area contributed by atoms with Crippen LogP contribution >= 0.6 is 0 Å². The molecule has 0 unspecified atom stereocenters. The Balaban J connectivity index is 1.36. The summed E-state index contributed by atoms with van der Waals surface area (Å²) in [4.78, 5) is 35.7. The number of piperazine rings is 1. The Morgan fingerprint density at radius 3 is 2.47 bits per heavy atom. The van der Waals surface area contributed by atoms with E-state index < -0.39 is 5.69 Å². The summed E-state index contributed by atoms with van der Waals surface area (Å²) in [5.74, 6) is 1.45. The number of aromatic nitrogens is 6. The smallest absolute Gasteiger partial charge is 0.332 e. The number of benzene rings is 1. The van der Waals surface area contributed by atoms with Gasteiger partial charge in [0.05, 0.1) is 0 Å². The monoisotopic (exact) mass is 518 g/mol. The second-order valence-electron chi connectivity index (χ2n) is 10.6. The first-order chi connectivity index (χ1) is 18.4. The molecule has 6 rings (SSSR count). The van der Waals surface area contributed by atoms with Gasteiger partial charge in [-0.1, -0.05) is 37.0 Å². The van der Waals surface area contributed by atoms with E-state index in [-0.39, 0.29) is 12.1 Å². The van der Waals surface area contributed by atoms with E-state index in [2.05, 4.69) is 20.0 Å². The van der Waals surface area contributed by atoms with Crippen LogP contribution < -0.4 is 16.1 Å². The van der Waals surface area contributed by atoms with Gasteiger partial charge in [-0.15, -0.1) is 10.2 Å². The van der Waals surface area contributed by atoms with E-state index in [0.29, 0.717) is 34.9 Å². The molecule has 2 aliphatic rings. The number of anilines is 1. The Hall–Kier alpha value is -3.73. The number of aryl methyl sites for hydroxylation is 2. The van der Waals surface area contributed by atoms with E-state index in [1.165, 1.54) is 43.7 Å². The van der Waals surface area contributed by atoms with Crippen LogP contribution in [0.2, 0.25) is 0 Å². The molecule has 2 fully saturated rings. The van der Waals surface area contributed by atoms with Crippen LogP contribution in [0.25, 0.3) is 22.6 Å². The van der Waals surface area contributed by atoms with Gasteiger partial charge in [0.15, 0.2) is 11.2 Å². The normalized spacial score (nSPS) is 17.5. The fraction of sp³-hybridized carbons (Fsp3) is 0.519. The van der Waals surface area contributed by atoms with Crippen LogP contribution in [0.15, 0.2) is 38.3 Å². The average molecular weight is 519 g/mol. The van der Waals surface area contributed by atoms with Crippen LogP contribution in [0.1, 0.15) is 43.6 Å². The maximum atomic E-state index is 13.3. The van der Waals surface area contributed by atoms with Crippen molar-refractivity contribution >= 4 is 17.1 Å². The van der Waals surface area contributed by atoms with Crippen molar-refractivity contribution in [3.8, 4) is 11.5 Å². The molecule has 0 spiro atoms. The van der Waals surface area contributed by atoms with Gasteiger partial charge in [-0.2, -0.15) is 4.98 Å². The van der Waals surface area contributed by atoms with Gasteiger partial charge in [-0.25, -0.2) is 4.79 Å². The molecule has 3 aromatic heterocycles. The molecule has 0 bridgehead atoms. The summed E-state index contributed by atoms with van der Waals surface area (Å²) in [5.41, 5.74) is 1.87. The number of imidazole rings is 1. The van der Waals surface area contributed by atoms with Crippen LogP contribution in [-0.4, -0.2) is 66.0 Å². The van der Waals surface area contributed by atoms with Crippen molar-refractivity contribution in [3.63, 3.8) is 0 Å². The minimum atomic E-state index is -0.402. The molecular formula is C27H34N8O3. The van der Waals surface area contributed by atoms with Crippen molar-refractivity contribution in [3.05, 3.63) is 56.6 Å². The van der Waals surface area contributed by atoms with E-state index >= 15 is 0 Å². The minimum Gasteiger partial charge on any atom is -0.419 e. The molecule has 1 aromatic carbocycles. The topological polar surface area (TPSA) is 107 Å². The molecule has 4 aromatic rings. The van der Waals surface area contributed by atoms with E-state index in [1.54, 1.807) is 7.05 Å². The van der Waals surface area contributed by atoms with Crippen molar-refractivity contribution in [2.75, 3.05) is 31.1 Å². The highest BCUT2D eigenvalue weighted by Gasteiger charge is 2.29. The molecule has 1 saturated heterocycles. The average Bonchev–Trinajstić information content (AvgIpc) is 3.57. The molecule has 200 valence electrons. The standard InChI is InChI=1S/C27H34N8O3/c1-18-8-7-9-19(16-18)24-30-29-21(38-24)17-35-22-23(31(2)27(37)32(3)25(22)36)28-26(35)34-14-12-33(13-15-34)20-10-5-4-6-11-20/h7-9,16,20H,4-6,10-15,17H2,1-3H3. The molecular weight excluding hydrogens is 484 g/mol. The van der Waals surface area contributed by atoms with Gasteiger partial charge in [0.25, 0.3) is 5.56 Å². The third kappa shape index (κ3) is 4.34. The summed E-state index contributed by atoms with van der Waals surface area (Å²) in [5, 5.41) is 8.54. The second kappa shape index (κ2) is 9.86. The molecule has 0 atom stereocenters. The maximum absolute atomic E-state index is 13.3. The molecule has 38 heavy (non-hydrogen) atoms. The molecule has 0 amide bonds. The van der Waals surface area contributed by atoms with E-state index in [0.717, 1.165) is 41.9 Å².